The van der Waals surface area contributed by atoms with E-state index in [9.17, 15) is 13.2 Å². The quantitative estimate of drug-likeness (QED) is 0.814. The number of rotatable bonds is 2. The fourth-order valence-electron chi connectivity index (χ4n) is 3.07. The minimum Gasteiger partial charge on any atom is -0.378 e. The first kappa shape index (κ1) is 15.5. The van der Waals surface area contributed by atoms with Gasteiger partial charge >= 0.3 is 0 Å². The number of sulfonamides is 1. The van der Waals surface area contributed by atoms with Crippen molar-refractivity contribution in [2.75, 3.05) is 31.2 Å². The molecule has 22 heavy (non-hydrogen) atoms. The molecule has 1 atom stereocenters. The Morgan fingerprint density at radius 2 is 2.09 bits per heavy atom. The Labute approximate surface area is 130 Å². The van der Waals surface area contributed by atoms with Crippen molar-refractivity contribution >= 4 is 21.6 Å². The minimum absolute atomic E-state index is 0.0174. The summed E-state index contributed by atoms with van der Waals surface area (Å²) in [5, 5.41) is 0. The van der Waals surface area contributed by atoms with Crippen LogP contribution in [0.4, 0.5) is 5.69 Å². The van der Waals surface area contributed by atoms with E-state index < -0.39 is 10.0 Å². The van der Waals surface area contributed by atoms with Gasteiger partial charge in [-0.1, -0.05) is 0 Å². The average Bonchev–Trinajstić information content (AvgIpc) is 2.90. The van der Waals surface area contributed by atoms with Crippen LogP contribution in [0.3, 0.4) is 0 Å². The molecule has 0 saturated carbocycles. The van der Waals surface area contributed by atoms with Crippen LogP contribution in [-0.2, 0) is 26.0 Å². The second kappa shape index (κ2) is 5.64. The van der Waals surface area contributed by atoms with Gasteiger partial charge < -0.3 is 9.64 Å². The Bertz CT molecular complexity index is 701. The Morgan fingerprint density at radius 1 is 1.32 bits per heavy atom. The van der Waals surface area contributed by atoms with Gasteiger partial charge in [0.2, 0.25) is 15.9 Å². The third-order valence-electron chi connectivity index (χ3n) is 4.24. The second-order valence-electron chi connectivity index (χ2n) is 5.75. The van der Waals surface area contributed by atoms with Crippen LogP contribution in [0.1, 0.15) is 19.4 Å². The summed E-state index contributed by atoms with van der Waals surface area (Å²) < 4.78 is 32.4. The number of hydrogen-bond acceptors (Lipinski definition) is 4. The predicted octanol–water partition coefficient (Wildman–Crippen LogP) is 1.01. The van der Waals surface area contributed by atoms with E-state index in [1.807, 2.05) is 6.92 Å². The van der Waals surface area contributed by atoms with E-state index in [0.717, 1.165) is 11.3 Å². The van der Waals surface area contributed by atoms with Crippen LogP contribution in [0.15, 0.2) is 23.1 Å². The van der Waals surface area contributed by atoms with Gasteiger partial charge in [0.05, 0.1) is 18.1 Å². The SMILES string of the molecule is CC(=O)N1CCc2cc(S(=O)(=O)N3CCOCC3C)ccc21. The minimum atomic E-state index is -3.52. The Kier molecular flexibility index (Phi) is 3.96. The molecule has 0 spiro atoms. The molecule has 1 aromatic rings. The van der Waals surface area contributed by atoms with Crippen LogP contribution in [0.5, 0.6) is 0 Å². The molecule has 0 radical (unpaired) electrons. The molecule has 1 saturated heterocycles. The lowest BCUT2D eigenvalue weighted by atomic mass is 10.2. The van der Waals surface area contributed by atoms with Crippen LogP contribution in [0.2, 0.25) is 0 Å². The zero-order valence-corrected chi connectivity index (χ0v) is 13.6. The zero-order chi connectivity index (χ0) is 15.9. The van der Waals surface area contributed by atoms with Crippen molar-refractivity contribution in [3.63, 3.8) is 0 Å². The molecule has 1 unspecified atom stereocenters. The summed E-state index contributed by atoms with van der Waals surface area (Å²) in [6, 6.07) is 4.87. The van der Waals surface area contributed by atoms with Crippen LogP contribution in [0, 0.1) is 0 Å². The van der Waals surface area contributed by atoms with Crippen molar-refractivity contribution in [3.8, 4) is 0 Å². The van der Waals surface area contributed by atoms with E-state index in [1.165, 1.54) is 11.2 Å². The molecule has 7 heteroatoms. The smallest absolute Gasteiger partial charge is 0.243 e. The number of hydrogen-bond donors (Lipinski definition) is 0. The summed E-state index contributed by atoms with van der Waals surface area (Å²) in [5.74, 6) is -0.0174. The third kappa shape index (κ3) is 2.53. The van der Waals surface area contributed by atoms with Crippen molar-refractivity contribution in [2.45, 2.75) is 31.2 Å². The molecule has 2 aliphatic heterocycles. The number of carbonyl (C=O) groups is 1. The first-order valence-corrected chi connectivity index (χ1v) is 8.86. The zero-order valence-electron chi connectivity index (χ0n) is 12.8. The molecular formula is C15H20N2O4S. The van der Waals surface area contributed by atoms with Gasteiger partial charge in [-0.3, -0.25) is 4.79 Å². The van der Waals surface area contributed by atoms with Crippen LogP contribution in [-0.4, -0.2) is 51.0 Å². The van der Waals surface area contributed by atoms with Gasteiger partial charge in [0.1, 0.15) is 0 Å². The van der Waals surface area contributed by atoms with E-state index in [4.69, 9.17) is 4.74 Å². The van der Waals surface area contributed by atoms with Crippen molar-refractivity contribution in [3.05, 3.63) is 23.8 Å². The Balaban J connectivity index is 1.94. The molecule has 0 aromatic heterocycles. The van der Waals surface area contributed by atoms with E-state index in [-0.39, 0.29) is 11.9 Å². The van der Waals surface area contributed by atoms with Gasteiger partial charge in [-0.05, 0) is 37.1 Å². The molecule has 1 amide bonds. The number of ether oxygens (including phenoxy) is 1. The maximum atomic E-state index is 12.8. The maximum absolute atomic E-state index is 12.8. The van der Waals surface area contributed by atoms with Crippen molar-refractivity contribution in [1.82, 2.24) is 4.31 Å². The van der Waals surface area contributed by atoms with Crippen LogP contribution in [0.25, 0.3) is 0 Å². The fourth-order valence-corrected chi connectivity index (χ4v) is 4.72. The topological polar surface area (TPSA) is 66.9 Å². The largest absolute Gasteiger partial charge is 0.378 e. The first-order valence-electron chi connectivity index (χ1n) is 7.42. The highest BCUT2D eigenvalue weighted by Gasteiger charge is 2.33. The van der Waals surface area contributed by atoms with E-state index >= 15 is 0 Å². The fraction of sp³-hybridized carbons (Fsp3) is 0.533. The van der Waals surface area contributed by atoms with Gasteiger partial charge in [0, 0.05) is 31.7 Å². The van der Waals surface area contributed by atoms with Gasteiger partial charge in [-0.15, -0.1) is 0 Å². The van der Waals surface area contributed by atoms with E-state index in [2.05, 4.69) is 0 Å². The number of benzene rings is 1. The normalized spacial score (nSPS) is 22.6. The summed E-state index contributed by atoms with van der Waals surface area (Å²) >= 11 is 0. The monoisotopic (exact) mass is 324 g/mol. The Hall–Kier alpha value is -1.44. The summed E-state index contributed by atoms with van der Waals surface area (Å²) in [5.41, 5.74) is 1.73. The lowest BCUT2D eigenvalue weighted by molar-refractivity contribution is -0.116. The average molecular weight is 324 g/mol. The number of anilines is 1. The number of nitrogens with zero attached hydrogens (tertiary/aromatic N) is 2. The van der Waals surface area contributed by atoms with Gasteiger partial charge in [-0.25, -0.2) is 8.42 Å². The molecule has 2 aliphatic rings. The molecule has 0 N–H and O–H groups in total. The summed E-state index contributed by atoms with van der Waals surface area (Å²) in [4.78, 5) is 13.5. The van der Waals surface area contributed by atoms with Crippen molar-refractivity contribution < 1.29 is 17.9 Å². The number of amides is 1. The summed E-state index contributed by atoms with van der Waals surface area (Å²) in [6.45, 7) is 5.20. The summed E-state index contributed by atoms with van der Waals surface area (Å²) in [7, 11) is -3.52. The Morgan fingerprint density at radius 3 is 2.77 bits per heavy atom. The number of fused-ring (bicyclic) bond motifs is 1. The highest BCUT2D eigenvalue weighted by atomic mass is 32.2. The third-order valence-corrected chi connectivity index (χ3v) is 6.25. The highest BCUT2D eigenvalue weighted by Crippen LogP contribution is 2.31. The maximum Gasteiger partial charge on any atom is 0.243 e. The number of morpholine rings is 1. The van der Waals surface area contributed by atoms with Crippen molar-refractivity contribution in [1.29, 1.82) is 0 Å². The summed E-state index contributed by atoms with van der Waals surface area (Å²) in [6.07, 6.45) is 0.691. The molecular weight excluding hydrogens is 304 g/mol. The van der Waals surface area contributed by atoms with Gasteiger partial charge in [0.25, 0.3) is 0 Å². The van der Waals surface area contributed by atoms with Crippen molar-refractivity contribution in [2.24, 2.45) is 0 Å². The van der Waals surface area contributed by atoms with Gasteiger partial charge in [-0.2, -0.15) is 4.31 Å². The highest BCUT2D eigenvalue weighted by molar-refractivity contribution is 7.89. The second-order valence-corrected chi connectivity index (χ2v) is 7.64. The first-order chi connectivity index (χ1) is 10.4. The van der Waals surface area contributed by atoms with Gasteiger partial charge in [0.15, 0.2) is 0 Å². The molecule has 6 nitrogen and oxygen atoms in total. The lowest BCUT2D eigenvalue weighted by Crippen LogP contribution is -2.46. The molecule has 3 rings (SSSR count). The van der Waals surface area contributed by atoms with Crippen LogP contribution < -0.4 is 4.90 Å². The number of carbonyl (C=O) groups excluding carboxylic acids is 1. The predicted molar refractivity (Wildman–Crippen MR) is 82.3 cm³/mol. The molecule has 0 bridgehead atoms. The van der Waals surface area contributed by atoms with E-state index in [1.54, 1.807) is 23.1 Å². The molecule has 1 aromatic carbocycles. The molecule has 1 fully saturated rings. The molecule has 120 valence electrons. The lowest BCUT2D eigenvalue weighted by Gasteiger charge is -2.32. The van der Waals surface area contributed by atoms with Crippen LogP contribution >= 0.6 is 0 Å². The molecule has 0 aliphatic carbocycles. The molecule has 2 heterocycles. The van der Waals surface area contributed by atoms with E-state index in [0.29, 0.717) is 37.6 Å². The standard InChI is InChI=1S/C15H20N2O4S/c1-11-10-21-8-7-17(11)22(19,20)14-3-4-15-13(9-14)5-6-16(15)12(2)18/h3-4,9,11H,5-8,10H2,1-2H3.